The minimum absolute atomic E-state index is 0.477. The maximum absolute atomic E-state index is 10.3. The van der Waals surface area contributed by atoms with E-state index in [2.05, 4.69) is 25.7 Å². The fraction of sp³-hybridized carbons (Fsp3) is 0.125. The molecule has 0 atom stereocenters. The zero-order valence-electron chi connectivity index (χ0n) is 6.41. The molecule has 0 saturated carbocycles. The largest absolute Gasteiger partial charge is 0.352 e. The van der Waals surface area contributed by atoms with Crippen LogP contribution in [-0.2, 0) is 9.68 Å². The third-order valence-corrected chi connectivity index (χ3v) is 1.54. The normalized spacial score (nSPS) is 9.17. The van der Waals surface area contributed by atoms with Crippen LogP contribution in [0.25, 0.3) is 0 Å². The van der Waals surface area contributed by atoms with Crippen molar-refractivity contribution in [1.82, 2.24) is 0 Å². The Morgan fingerprint density at radius 1 is 1.50 bits per heavy atom. The number of halogens is 1. The standard InChI is InChI=1S/C8H7BrO3/c1-6(10)11-12-8-4-2-3-7(9)5-8/h2-5H,1H3. The first-order valence-corrected chi connectivity index (χ1v) is 4.08. The van der Waals surface area contributed by atoms with Gasteiger partial charge in [0, 0.05) is 11.4 Å². The van der Waals surface area contributed by atoms with E-state index >= 15 is 0 Å². The van der Waals surface area contributed by atoms with Crippen molar-refractivity contribution in [2.75, 3.05) is 0 Å². The molecule has 0 fully saturated rings. The van der Waals surface area contributed by atoms with Gasteiger partial charge in [-0.1, -0.05) is 22.0 Å². The molecule has 0 spiro atoms. The van der Waals surface area contributed by atoms with E-state index in [0.717, 1.165) is 4.47 Å². The molecule has 0 unspecified atom stereocenters. The lowest BCUT2D eigenvalue weighted by Gasteiger charge is -2.01. The van der Waals surface area contributed by atoms with E-state index < -0.39 is 5.97 Å². The first-order chi connectivity index (χ1) is 5.68. The van der Waals surface area contributed by atoms with E-state index in [1.807, 2.05) is 6.07 Å². The summed E-state index contributed by atoms with van der Waals surface area (Å²) in [5.41, 5.74) is 0. The molecule has 0 aromatic heterocycles. The van der Waals surface area contributed by atoms with Gasteiger partial charge in [0.25, 0.3) is 0 Å². The van der Waals surface area contributed by atoms with Gasteiger partial charge in [-0.2, -0.15) is 0 Å². The van der Waals surface area contributed by atoms with E-state index in [0.29, 0.717) is 5.75 Å². The van der Waals surface area contributed by atoms with Crippen molar-refractivity contribution in [3.63, 3.8) is 0 Å². The smallest absolute Gasteiger partial charge is 0.287 e. The Morgan fingerprint density at radius 2 is 2.25 bits per heavy atom. The van der Waals surface area contributed by atoms with Crippen LogP contribution in [0, 0.1) is 0 Å². The van der Waals surface area contributed by atoms with Gasteiger partial charge in [-0.05, 0) is 18.2 Å². The number of carbonyl (C=O) groups is 1. The summed E-state index contributed by atoms with van der Waals surface area (Å²) in [5, 5.41) is 0. The van der Waals surface area contributed by atoms with Gasteiger partial charge in [-0.3, -0.25) is 9.78 Å². The highest BCUT2D eigenvalue weighted by Crippen LogP contribution is 2.17. The fourth-order valence-electron chi connectivity index (χ4n) is 0.626. The molecule has 3 nitrogen and oxygen atoms in total. The third-order valence-electron chi connectivity index (χ3n) is 1.05. The van der Waals surface area contributed by atoms with Crippen LogP contribution in [0.2, 0.25) is 0 Å². The monoisotopic (exact) mass is 230 g/mol. The van der Waals surface area contributed by atoms with Crippen LogP contribution >= 0.6 is 15.9 Å². The molecule has 0 amide bonds. The Balaban J connectivity index is 2.57. The predicted octanol–water partition coefficient (Wildman–Crippen LogP) is 2.31. The molecule has 0 aliphatic rings. The summed E-state index contributed by atoms with van der Waals surface area (Å²) >= 11 is 3.25. The Labute approximate surface area is 78.3 Å². The van der Waals surface area contributed by atoms with Crippen LogP contribution in [0.5, 0.6) is 5.75 Å². The highest BCUT2D eigenvalue weighted by atomic mass is 79.9. The molecule has 12 heavy (non-hydrogen) atoms. The number of hydrogen-bond acceptors (Lipinski definition) is 3. The molecular formula is C8H7BrO3. The summed E-state index contributed by atoms with van der Waals surface area (Å²) in [6, 6.07) is 7.01. The molecule has 64 valence electrons. The van der Waals surface area contributed by atoms with Gasteiger partial charge in [-0.15, -0.1) is 0 Å². The summed E-state index contributed by atoms with van der Waals surface area (Å²) < 4.78 is 0.868. The van der Waals surface area contributed by atoms with E-state index in [1.54, 1.807) is 18.2 Å². The maximum atomic E-state index is 10.3. The lowest BCUT2D eigenvalue weighted by atomic mass is 10.3. The molecule has 0 aliphatic heterocycles. The Bertz CT molecular complexity index is 285. The Kier molecular flexibility index (Phi) is 3.10. The Hall–Kier alpha value is -1.03. The van der Waals surface area contributed by atoms with Gasteiger partial charge in [0.1, 0.15) is 0 Å². The molecule has 4 heteroatoms. The number of benzene rings is 1. The van der Waals surface area contributed by atoms with Gasteiger partial charge < -0.3 is 0 Å². The van der Waals surface area contributed by atoms with Crippen molar-refractivity contribution in [2.24, 2.45) is 0 Å². The fourth-order valence-corrected chi connectivity index (χ4v) is 1.00. The van der Waals surface area contributed by atoms with Gasteiger partial charge in [0.2, 0.25) is 0 Å². The molecule has 1 rings (SSSR count). The SMILES string of the molecule is CC(=O)OOc1cccc(Br)c1. The Morgan fingerprint density at radius 3 is 2.83 bits per heavy atom. The van der Waals surface area contributed by atoms with Crippen LogP contribution in [0.15, 0.2) is 28.7 Å². The van der Waals surface area contributed by atoms with Gasteiger partial charge in [0.05, 0.1) is 0 Å². The summed E-state index contributed by atoms with van der Waals surface area (Å²) in [5.74, 6) is 0.00884. The van der Waals surface area contributed by atoms with E-state index in [-0.39, 0.29) is 0 Å². The van der Waals surface area contributed by atoms with Crippen LogP contribution in [0.3, 0.4) is 0 Å². The lowest BCUT2D eigenvalue weighted by Crippen LogP contribution is -2.02. The van der Waals surface area contributed by atoms with Crippen molar-refractivity contribution in [3.05, 3.63) is 28.7 Å². The molecule has 0 N–H and O–H groups in total. The van der Waals surface area contributed by atoms with E-state index in [9.17, 15) is 4.79 Å². The number of rotatable bonds is 2. The second kappa shape index (κ2) is 4.11. The minimum atomic E-state index is -0.477. The highest BCUT2D eigenvalue weighted by Gasteiger charge is 1.97. The summed E-state index contributed by atoms with van der Waals surface area (Å²) in [4.78, 5) is 19.3. The second-order valence-corrected chi connectivity index (χ2v) is 3.03. The molecule has 1 aromatic rings. The first-order valence-electron chi connectivity index (χ1n) is 3.29. The van der Waals surface area contributed by atoms with Crippen LogP contribution < -0.4 is 4.89 Å². The van der Waals surface area contributed by atoms with Gasteiger partial charge in [0.15, 0.2) is 5.75 Å². The summed E-state index contributed by atoms with van der Waals surface area (Å²) in [6.07, 6.45) is 0. The minimum Gasteiger partial charge on any atom is -0.287 e. The number of carbonyl (C=O) groups excluding carboxylic acids is 1. The molecule has 0 bridgehead atoms. The second-order valence-electron chi connectivity index (χ2n) is 2.12. The highest BCUT2D eigenvalue weighted by molar-refractivity contribution is 9.10. The zero-order chi connectivity index (χ0) is 8.97. The third kappa shape index (κ3) is 2.92. The van der Waals surface area contributed by atoms with Crippen molar-refractivity contribution in [3.8, 4) is 5.75 Å². The van der Waals surface area contributed by atoms with E-state index in [4.69, 9.17) is 0 Å². The molecule has 1 aromatic carbocycles. The molecule has 0 heterocycles. The topological polar surface area (TPSA) is 35.5 Å². The quantitative estimate of drug-likeness (QED) is 0.578. The maximum Gasteiger partial charge on any atom is 0.352 e. The van der Waals surface area contributed by atoms with E-state index in [1.165, 1.54) is 6.92 Å². The van der Waals surface area contributed by atoms with Crippen LogP contribution in [0.1, 0.15) is 6.92 Å². The zero-order valence-corrected chi connectivity index (χ0v) is 8.00. The molecule has 0 aliphatic carbocycles. The van der Waals surface area contributed by atoms with Crippen molar-refractivity contribution < 1.29 is 14.6 Å². The van der Waals surface area contributed by atoms with Crippen molar-refractivity contribution >= 4 is 21.9 Å². The van der Waals surface area contributed by atoms with Crippen molar-refractivity contribution in [2.45, 2.75) is 6.92 Å². The van der Waals surface area contributed by atoms with Crippen LogP contribution in [-0.4, -0.2) is 5.97 Å². The van der Waals surface area contributed by atoms with Crippen LogP contribution in [0.4, 0.5) is 0 Å². The predicted molar refractivity (Wildman–Crippen MR) is 46.5 cm³/mol. The average Bonchev–Trinajstić information content (AvgIpc) is 2.01. The summed E-state index contributed by atoms with van der Waals surface area (Å²) in [7, 11) is 0. The average molecular weight is 231 g/mol. The molecule has 0 radical (unpaired) electrons. The van der Waals surface area contributed by atoms with Crippen molar-refractivity contribution in [1.29, 1.82) is 0 Å². The van der Waals surface area contributed by atoms with Gasteiger partial charge in [-0.25, -0.2) is 4.79 Å². The van der Waals surface area contributed by atoms with Gasteiger partial charge >= 0.3 is 5.97 Å². The molecular weight excluding hydrogens is 224 g/mol. The lowest BCUT2D eigenvalue weighted by molar-refractivity contribution is -0.210. The molecule has 0 saturated heterocycles. The summed E-state index contributed by atoms with van der Waals surface area (Å²) in [6.45, 7) is 1.28. The number of hydrogen-bond donors (Lipinski definition) is 0. The first kappa shape index (κ1) is 9.06.